The molecule has 0 fully saturated rings. The molecule has 0 aliphatic carbocycles. The van der Waals surface area contributed by atoms with Gasteiger partial charge in [0.2, 0.25) is 5.91 Å². The van der Waals surface area contributed by atoms with E-state index in [-0.39, 0.29) is 17.5 Å². The van der Waals surface area contributed by atoms with Crippen molar-refractivity contribution in [1.29, 1.82) is 0 Å². The molecule has 0 rings (SSSR count). The molecule has 5 heteroatoms. The first-order valence-electron chi connectivity index (χ1n) is 6.62. The number of hydrogen-bond acceptors (Lipinski definition) is 4. The second-order valence-electron chi connectivity index (χ2n) is 5.59. The van der Waals surface area contributed by atoms with Gasteiger partial charge in [-0.1, -0.05) is 0 Å². The van der Waals surface area contributed by atoms with Gasteiger partial charge >= 0.3 is 0 Å². The summed E-state index contributed by atoms with van der Waals surface area (Å²) in [6.07, 6.45) is 2.43. The quantitative estimate of drug-likeness (QED) is 0.568. The number of nitrogens with two attached hydrogens (primary N) is 1. The maximum atomic E-state index is 11.6. The van der Waals surface area contributed by atoms with E-state index in [2.05, 4.69) is 10.6 Å². The Hall–Kier alpha value is -0.650. The molecule has 0 aromatic heterocycles. The van der Waals surface area contributed by atoms with E-state index in [9.17, 15) is 4.79 Å². The van der Waals surface area contributed by atoms with Gasteiger partial charge in [0.05, 0.1) is 6.61 Å². The lowest BCUT2D eigenvalue weighted by Crippen LogP contribution is -2.42. The molecular weight excluding hydrogens is 230 g/mol. The molecule has 1 atom stereocenters. The summed E-state index contributed by atoms with van der Waals surface area (Å²) < 4.78 is 5.14. The van der Waals surface area contributed by atoms with Crippen LogP contribution in [0.5, 0.6) is 0 Å². The van der Waals surface area contributed by atoms with Crippen LogP contribution < -0.4 is 16.4 Å². The molecule has 4 N–H and O–H groups in total. The minimum Gasteiger partial charge on any atom is -0.383 e. The Bertz CT molecular complexity index is 227. The van der Waals surface area contributed by atoms with Crippen LogP contribution in [-0.2, 0) is 9.53 Å². The second-order valence-corrected chi connectivity index (χ2v) is 5.59. The highest BCUT2D eigenvalue weighted by atomic mass is 16.5. The summed E-state index contributed by atoms with van der Waals surface area (Å²) in [4.78, 5) is 11.6. The third-order valence-electron chi connectivity index (χ3n) is 2.42. The zero-order valence-corrected chi connectivity index (χ0v) is 12.2. The van der Waals surface area contributed by atoms with Crippen molar-refractivity contribution < 1.29 is 9.53 Å². The smallest absolute Gasteiger partial charge is 0.221 e. The van der Waals surface area contributed by atoms with Gasteiger partial charge in [-0.25, -0.2) is 0 Å². The van der Waals surface area contributed by atoms with Gasteiger partial charge in [-0.2, -0.15) is 0 Å². The maximum absolute atomic E-state index is 11.6. The molecule has 0 heterocycles. The van der Waals surface area contributed by atoms with Crippen LogP contribution in [-0.4, -0.2) is 44.3 Å². The molecule has 0 saturated carbocycles. The number of methoxy groups -OCH3 is 1. The van der Waals surface area contributed by atoms with Crippen LogP contribution in [0.2, 0.25) is 0 Å². The van der Waals surface area contributed by atoms with Gasteiger partial charge in [-0.05, 0) is 40.2 Å². The van der Waals surface area contributed by atoms with E-state index >= 15 is 0 Å². The van der Waals surface area contributed by atoms with Crippen LogP contribution in [0.3, 0.4) is 0 Å². The van der Waals surface area contributed by atoms with Crippen LogP contribution in [0, 0.1) is 0 Å². The zero-order chi connectivity index (χ0) is 14.0. The van der Waals surface area contributed by atoms with E-state index in [1.165, 1.54) is 0 Å². The number of ether oxygens (including phenoxy) is 1. The molecule has 0 aliphatic heterocycles. The molecule has 0 spiro atoms. The van der Waals surface area contributed by atoms with Gasteiger partial charge in [-0.3, -0.25) is 4.79 Å². The summed E-state index contributed by atoms with van der Waals surface area (Å²) in [6, 6.07) is 0.279. The fourth-order valence-corrected chi connectivity index (χ4v) is 1.68. The molecule has 1 unspecified atom stereocenters. The largest absolute Gasteiger partial charge is 0.383 e. The summed E-state index contributed by atoms with van der Waals surface area (Å²) in [6.45, 7) is 7.95. The van der Waals surface area contributed by atoms with Crippen LogP contribution in [0.4, 0.5) is 0 Å². The standard InChI is InChI=1S/C13H29N3O2/c1-13(2,3)16-12(17)7-9-15-11(10-18-4)6-5-8-14/h11,15H,5-10,14H2,1-4H3,(H,16,17). The topological polar surface area (TPSA) is 76.4 Å². The predicted molar refractivity (Wildman–Crippen MR) is 74.5 cm³/mol. The third-order valence-corrected chi connectivity index (χ3v) is 2.42. The predicted octanol–water partition coefficient (Wildman–Crippen LogP) is 0.635. The van der Waals surface area contributed by atoms with Crippen molar-refractivity contribution in [2.24, 2.45) is 5.73 Å². The van der Waals surface area contributed by atoms with Gasteiger partial charge in [0.25, 0.3) is 0 Å². The summed E-state index contributed by atoms with van der Waals surface area (Å²) >= 11 is 0. The summed E-state index contributed by atoms with van der Waals surface area (Å²) in [7, 11) is 1.68. The second kappa shape index (κ2) is 9.30. The van der Waals surface area contributed by atoms with Crippen LogP contribution in [0.25, 0.3) is 0 Å². The van der Waals surface area contributed by atoms with Crippen molar-refractivity contribution in [2.75, 3.05) is 26.8 Å². The average Bonchev–Trinajstić information content (AvgIpc) is 2.23. The van der Waals surface area contributed by atoms with Crippen molar-refractivity contribution >= 4 is 5.91 Å². The molecule has 0 aliphatic rings. The van der Waals surface area contributed by atoms with E-state index in [1.807, 2.05) is 20.8 Å². The number of carbonyl (C=O) groups excluding carboxylic acids is 1. The molecule has 108 valence electrons. The van der Waals surface area contributed by atoms with Crippen molar-refractivity contribution in [3.63, 3.8) is 0 Å². The fourth-order valence-electron chi connectivity index (χ4n) is 1.68. The van der Waals surface area contributed by atoms with Gasteiger partial charge in [-0.15, -0.1) is 0 Å². The van der Waals surface area contributed by atoms with E-state index in [0.29, 0.717) is 26.1 Å². The monoisotopic (exact) mass is 259 g/mol. The van der Waals surface area contributed by atoms with Gasteiger partial charge in [0.15, 0.2) is 0 Å². The Morgan fingerprint density at radius 3 is 2.56 bits per heavy atom. The fraction of sp³-hybridized carbons (Fsp3) is 0.923. The minimum absolute atomic E-state index is 0.0741. The van der Waals surface area contributed by atoms with Crippen molar-refractivity contribution in [3.05, 3.63) is 0 Å². The van der Waals surface area contributed by atoms with Crippen LogP contribution in [0.1, 0.15) is 40.0 Å². The minimum atomic E-state index is -0.164. The van der Waals surface area contributed by atoms with Gasteiger partial charge in [0.1, 0.15) is 0 Å². The number of amides is 1. The van der Waals surface area contributed by atoms with Crippen LogP contribution >= 0.6 is 0 Å². The Morgan fingerprint density at radius 1 is 1.39 bits per heavy atom. The molecule has 5 nitrogen and oxygen atoms in total. The highest BCUT2D eigenvalue weighted by Gasteiger charge is 2.14. The van der Waals surface area contributed by atoms with Crippen LogP contribution in [0.15, 0.2) is 0 Å². The Balaban J connectivity index is 3.80. The molecule has 0 radical (unpaired) electrons. The number of carbonyl (C=O) groups is 1. The summed E-state index contributed by atoms with van der Waals surface area (Å²) in [5.74, 6) is 0.0741. The van der Waals surface area contributed by atoms with Crippen molar-refractivity contribution in [2.45, 2.75) is 51.6 Å². The summed E-state index contributed by atoms with van der Waals surface area (Å²) in [5, 5.41) is 6.27. The van der Waals surface area contributed by atoms with Crippen molar-refractivity contribution in [1.82, 2.24) is 10.6 Å². The first-order valence-corrected chi connectivity index (χ1v) is 6.62. The Labute approximate surface area is 111 Å². The Kier molecular flexibility index (Phi) is 8.97. The van der Waals surface area contributed by atoms with E-state index < -0.39 is 0 Å². The maximum Gasteiger partial charge on any atom is 0.221 e. The molecular formula is C13H29N3O2. The average molecular weight is 259 g/mol. The SMILES string of the molecule is COCC(CCCN)NCCC(=O)NC(C)(C)C. The first-order chi connectivity index (χ1) is 8.39. The Morgan fingerprint density at radius 2 is 2.06 bits per heavy atom. The molecule has 0 saturated heterocycles. The lowest BCUT2D eigenvalue weighted by atomic mass is 10.1. The molecule has 0 aromatic carbocycles. The molecule has 18 heavy (non-hydrogen) atoms. The van der Waals surface area contributed by atoms with E-state index in [4.69, 9.17) is 10.5 Å². The van der Waals surface area contributed by atoms with E-state index in [0.717, 1.165) is 12.8 Å². The third kappa shape index (κ3) is 10.5. The molecule has 0 bridgehead atoms. The van der Waals surface area contributed by atoms with Gasteiger partial charge < -0.3 is 21.1 Å². The van der Waals surface area contributed by atoms with Gasteiger partial charge in [0, 0.05) is 31.7 Å². The number of nitrogens with one attached hydrogen (secondary N) is 2. The number of hydrogen-bond donors (Lipinski definition) is 3. The zero-order valence-electron chi connectivity index (χ0n) is 12.2. The van der Waals surface area contributed by atoms with Crippen molar-refractivity contribution in [3.8, 4) is 0 Å². The first kappa shape index (κ1) is 17.4. The lowest BCUT2D eigenvalue weighted by molar-refractivity contribution is -0.122. The van der Waals surface area contributed by atoms with E-state index in [1.54, 1.807) is 7.11 Å². The molecule has 0 aromatic rings. The normalized spacial score (nSPS) is 13.4. The number of rotatable bonds is 9. The highest BCUT2D eigenvalue weighted by molar-refractivity contribution is 5.76. The molecule has 1 amide bonds. The summed E-state index contributed by atoms with van der Waals surface area (Å²) in [5.41, 5.74) is 5.32. The lowest BCUT2D eigenvalue weighted by Gasteiger charge is -2.21. The highest BCUT2D eigenvalue weighted by Crippen LogP contribution is 2.00.